The van der Waals surface area contributed by atoms with Crippen molar-refractivity contribution in [3.8, 4) is 11.3 Å². The molecule has 4 aromatic rings. The van der Waals surface area contributed by atoms with Crippen LogP contribution in [0.2, 0.25) is 0 Å². The van der Waals surface area contributed by atoms with Crippen molar-refractivity contribution >= 4 is 26.8 Å². The maximum Gasteiger partial charge on any atom is 0.252 e. The predicted octanol–water partition coefficient (Wildman–Crippen LogP) is 4.26. The van der Waals surface area contributed by atoms with Crippen molar-refractivity contribution < 1.29 is 13.2 Å². The summed E-state index contributed by atoms with van der Waals surface area (Å²) < 4.78 is 26.0. The van der Waals surface area contributed by atoms with Gasteiger partial charge >= 0.3 is 0 Å². The van der Waals surface area contributed by atoms with Crippen molar-refractivity contribution in [2.75, 3.05) is 11.5 Å². The van der Waals surface area contributed by atoms with Gasteiger partial charge in [0.1, 0.15) is 0 Å². The van der Waals surface area contributed by atoms with E-state index < -0.39 is 9.84 Å². The molecule has 2 aromatic carbocycles. The second kappa shape index (κ2) is 8.68. The van der Waals surface area contributed by atoms with E-state index in [0.29, 0.717) is 34.4 Å². The van der Waals surface area contributed by atoms with E-state index in [1.807, 2.05) is 74.5 Å². The first-order valence-electron chi connectivity index (χ1n) is 11.3. The van der Waals surface area contributed by atoms with Gasteiger partial charge < -0.3 is 5.32 Å². The molecule has 2 atom stereocenters. The molecule has 2 unspecified atom stereocenters. The Morgan fingerprint density at radius 2 is 1.76 bits per heavy atom. The molecule has 174 valence electrons. The van der Waals surface area contributed by atoms with Gasteiger partial charge in [0.25, 0.3) is 5.91 Å². The van der Waals surface area contributed by atoms with Crippen LogP contribution >= 0.6 is 0 Å². The molecule has 0 aliphatic carbocycles. The molecule has 0 bridgehead atoms. The number of nitrogens with zero attached hydrogens (tertiary/aromatic N) is 3. The Hall–Kier alpha value is -3.52. The average molecular weight is 475 g/mol. The van der Waals surface area contributed by atoms with Crippen molar-refractivity contribution in [3.63, 3.8) is 0 Å². The molecule has 0 spiro atoms. The van der Waals surface area contributed by atoms with E-state index in [1.54, 1.807) is 10.7 Å². The minimum Gasteiger partial charge on any atom is -0.345 e. The molecule has 1 saturated heterocycles. The van der Waals surface area contributed by atoms with E-state index in [2.05, 4.69) is 10.4 Å². The minimum absolute atomic E-state index is 0.0348. The highest BCUT2D eigenvalue weighted by molar-refractivity contribution is 7.91. The standard InChI is InChI=1S/C26H26N4O3S/c1-17(19-9-5-3-6-10-19)27-26(31)22-15-23(20-11-7-4-8-12-20)28-25-24(22)18(2)29-30(25)21-13-14-34(32,33)16-21/h3-12,15,17,21H,13-14,16H2,1-2H3,(H,27,31). The molecule has 5 rings (SSSR count). The summed E-state index contributed by atoms with van der Waals surface area (Å²) in [6.45, 7) is 3.78. The topological polar surface area (TPSA) is 93.9 Å². The van der Waals surface area contributed by atoms with E-state index in [9.17, 15) is 13.2 Å². The molecule has 1 fully saturated rings. The Bertz CT molecular complexity index is 1460. The molecule has 0 radical (unpaired) electrons. The maximum atomic E-state index is 13.5. The fraction of sp³-hybridized carbons (Fsp3) is 0.269. The number of hydrogen-bond acceptors (Lipinski definition) is 5. The van der Waals surface area contributed by atoms with Gasteiger partial charge in [-0.3, -0.25) is 4.79 Å². The smallest absolute Gasteiger partial charge is 0.252 e. The molecule has 8 heteroatoms. The van der Waals surface area contributed by atoms with Crippen LogP contribution in [-0.4, -0.2) is 40.6 Å². The Labute approximate surface area is 198 Å². The van der Waals surface area contributed by atoms with Crippen LogP contribution < -0.4 is 5.32 Å². The lowest BCUT2D eigenvalue weighted by Crippen LogP contribution is -2.27. The summed E-state index contributed by atoms with van der Waals surface area (Å²) in [6.07, 6.45) is 0.488. The first-order chi connectivity index (χ1) is 16.3. The molecule has 34 heavy (non-hydrogen) atoms. The fourth-order valence-electron chi connectivity index (χ4n) is 4.57. The lowest BCUT2D eigenvalue weighted by molar-refractivity contribution is 0.0941. The Morgan fingerprint density at radius 3 is 2.41 bits per heavy atom. The van der Waals surface area contributed by atoms with Crippen LogP contribution in [0, 0.1) is 6.92 Å². The molecule has 1 aliphatic rings. The van der Waals surface area contributed by atoms with Gasteiger partial charge in [-0.15, -0.1) is 0 Å². The highest BCUT2D eigenvalue weighted by Crippen LogP contribution is 2.32. The molecule has 1 amide bonds. The summed E-state index contributed by atoms with van der Waals surface area (Å²) >= 11 is 0. The number of aryl methyl sites for hydroxylation is 1. The maximum absolute atomic E-state index is 13.5. The molecule has 1 N–H and O–H groups in total. The number of rotatable bonds is 5. The van der Waals surface area contributed by atoms with E-state index >= 15 is 0 Å². The second-order valence-electron chi connectivity index (χ2n) is 8.81. The van der Waals surface area contributed by atoms with Crippen LogP contribution in [0.4, 0.5) is 0 Å². The number of pyridine rings is 1. The van der Waals surface area contributed by atoms with Gasteiger partial charge in [0.05, 0.1) is 45.9 Å². The van der Waals surface area contributed by atoms with Gasteiger partial charge in [-0.05, 0) is 31.9 Å². The van der Waals surface area contributed by atoms with Crippen LogP contribution in [0.5, 0.6) is 0 Å². The molecular weight excluding hydrogens is 448 g/mol. The summed E-state index contributed by atoms with van der Waals surface area (Å²) in [7, 11) is -3.11. The van der Waals surface area contributed by atoms with Crippen LogP contribution in [0.25, 0.3) is 22.3 Å². The van der Waals surface area contributed by atoms with Crippen molar-refractivity contribution in [1.29, 1.82) is 0 Å². The summed E-state index contributed by atoms with van der Waals surface area (Å²) in [5.74, 6) is -0.0478. The Morgan fingerprint density at radius 1 is 1.09 bits per heavy atom. The van der Waals surface area contributed by atoms with Gasteiger partial charge in [-0.25, -0.2) is 18.1 Å². The summed E-state index contributed by atoms with van der Waals surface area (Å²) in [5, 5.41) is 8.42. The number of carbonyl (C=O) groups is 1. The molecule has 1 aliphatic heterocycles. The monoisotopic (exact) mass is 474 g/mol. The van der Waals surface area contributed by atoms with Crippen molar-refractivity contribution in [1.82, 2.24) is 20.1 Å². The molecule has 7 nitrogen and oxygen atoms in total. The molecule has 3 heterocycles. The minimum atomic E-state index is -3.11. The largest absolute Gasteiger partial charge is 0.345 e. The Balaban J connectivity index is 1.63. The van der Waals surface area contributed by atoms with Crippen molar-refractivity contribution in [3.05, 3.63) is 83.6 Å². The number of sulfone groups is 1. The fourth-order valence-corrected chi connectivity index (χ4v) is 6.26. The average Bonchev–Trinajstić information content (AvgIpc) is 3.38. The number of benzene rings is 2. The second-order valence-corrected chi connectivity index (χ2v) is 11.0. The van der Waals surface area contributed by atoms with E-state index in [4.69, 9.17) is 4.98 Å². The van der Waals surface area contributed by atoms with Crippen molar-refractivity contribution in [2.24, 2.45) is 0 Å². The third-order valence-corrected chi connectivity index (χ3v) is 8.10. The SMILES string of the molecule is Cc1nn(C2CCS(=O)(=O)C2)c2nc(-c3ccccc3)cc(C(=O)NC(C)c3ccccc3)c12. The summed E-state index contributed by atoms with van der Waals surface area (Å²) in [6, 6.07) is 20.8. The van der Waals surface area contributed by atoms with Crippen LogP contribution in [0.15, 0.2) is 66.7 Å². The third-order valence-electron chi connectivity index (χ3n) is 6.35. The zero-order valence-corrected chi connectivity index (χ0v) is 19.9. The van der Waals surface area contributed by atoms with Gasteiger partial charge in [0.2, 0.25) is 0 Å². The quantitative estimate of drug-likeness (QED) is 0.467. The molecule has 0 saturated carbocycles. The molecule has 2 aromatic heterocycles. The number of hydrogen-bond donors (Lipinski definition) is 1. The summed E-state index contributed by atoms with van der Waals surface area (Å²) in [5.41, 5.74) is 4.21. The highest BCUT2D eigenvalue weighted by atomic mass is 32.2. The van der Waals surface area contributed by atoms with Crippen LogP contribution in [0.3, 0.4) is 0 Å². The Kier molecular flexibility index (Phi) is 5.69. The highest BCUT2D eigenvalue weighted by Gasteiger charge is 2.32. The lowest BCUT2D eigenvalue weighted by Gasteiger charge is -2.16. The van der Waals surface area contributed by atoms with Gasteiger partial charge in [0, 0.05) is 5.56 Å². The molecular formula is C26H26N4O3S. The first-order valence-corrected chi connectivity index (χ1v) is 13.2. The van der Waals surface area contributed by atoms with E-state index in [-0.39, 0.29) is 29.5 Å². The lowest BCUT2D eigenvalue weighted by atomic mass is 10.0. The first kappa shape index (κ1) is 22.3. The zero-order valence-electron chi connectivity index (χ0n) is 19.1. The number of amides is 1. The third kappa shape index (κ3) is 4.21. The van der Waals surface area contributed by atoms with Crippen LogP contribution in [0.1, 0.15) is 47.0 Å². The van der Waals surface area contributed by atoms with Gasteiger partial charge in [-0.1, -0.05) is 60.7 Å². The predicted molar refractivity (Wildman–Crippen MR) is 132 cm³/mol. The number of nitrogens with one attached hydrogen (secondary N) is 1. The van der Waals surface area contributed by atoms with E-state index in [1.165, 1.54) is 0 Å². The van der Waals surface area contributed by atoms with Crippen LogP contribution in [-0.2, 0) is 9.84 Å². The number of carbonyl (C=O) groups excluding carboxylic acids is 1. The number of fused-ring (bicyclic) bond motifs is 1. The normalized spacial score (nSPS) is 18.1. The summed E-state index contributed by atoms with van der Waals surface area (Å²) in [4.78, 5) is 18.4. The van der Waals surface area contributed by atoms with Gasteiger partial charge in [-0.2, -0.15) is 5.10 Å². The van der Waals surface area contributed by atoms with Gasteiger partial charge in [0.15, 0.2) is 15.5 Å². The van der Waals surface area contributed by atoms with E-state index in [0.717, 1.165) is 11.1 Å². The van der Waals surface area contributed by atoms with Crippen molar-refractivity contribution in [2.45, 2.75) is 32.4 Å². The number of aromatic nitrogens is 3. The zero-order chi connectivity index (χ0) is 23.9.